The van der Waals surface area contributed by atoms with Crippen molar-refractivity contribution in [3.63, 3.8) is 0 Å². The predicted molar refractivity (Wildman–Crippen MR) is 131 cm³/mol. The molecule has 0 saturated heterocycles. The number of amides is 1. The second-order valence-corrected chi connectivity index (χ2v) is 7.31. The lowest BCUT2D eigenvalue weighted by Crippen LogP contribution is -3.00. The minimum absolute atomic E-state index is 0. The van der Waals surface area contributed by atoms with Gasteiger partial charge in [-0.25, -0.2) is 0 Å². The molecule has 3 aromatic carbocycles. The maximum atomic E-state index is 12.1. The van der Waals surface area contributed by atoms with Crippen molar-refractivity contribution in [3.05, 3.63) is 60.7 Å². The third kappa shape index (κ3) is 4.83. The van der Waals surface area contributed by atoms with Gasteiger partial charge in [-0.1, -0.05) is 24.3 Å². The Labute approximate surface area is 205 Å². The molecule has 0 fully saturated rings. The standard InChI is InChI=1S/C25H25N3O3.2ClH/c1-28-20-10-6-4-8-16(20)25(17-9-5-7-11-21(17)28)18-14-23(31-3)19(15-22(18)30-2)27-24(29)12-13-26;;/h4-11,14-15H,12-13,26H2,1-3H3;2*1H. The van der Waals surface area contributed by atoms with Crippen LogP contribution in [0.4, 0.5) is 5.69 Å². The molecule has 1 amide bonds. The molecule has 0 aliphatic heterocycles. The Morgan fingerprint density at radius 2 is 1.48 bits per heavy atom. The molecular weight excluding hydrogens is 461 g/mol. The van der Waals surface area contributed by atoms with Gasteiger partial charge in [0, 0.05) is 42.3 Å². The van der Waals surface area contributed by atoms with E-state index in [4.69, 9.17) is 15.2 Å². The fourth-order valence-corrected chi connectivity index (χ4v) is 4.05. The van der Waals surface area contributed by atoms with E-state index >= 15 is 0 Å². The summed E-state index contributed by atoms with van der Waals surface area (Å²) in [5.41, 5.74) is 10.2. The summed E-state index contributed by atoms with van der Waals surface area (Å²) in [7, 11) is 5.29. The van der Waals surface area contributed by atoms with Gasteiger partial charge in [0.05, 0.1) is 30.7 Å². The Hall–Kier alpha value is -3.06. The Bertz CT molecular complexity index is 1240. The van der Waals surface area contributed by atoms with Crippen LogP contribution in [0.15, 0.2) is 60.7 Å². The number of methoxy groups -OCH3 is 2. The van der Waals surface area contributed by atoms with Crippen LogP contribution in [0.2, 0.25) is 0 Å². The van der Waals surface area contributed by atoms with E-state index in [0.29, 0.717) is 17.2 Å². The third-order valence-corrected chi connectivity index (χ3v) is 5.51. The number of nitrogens with one attached hydrogen (secondary N) is 1. The van der Waals surface area contributed by atoms with Gasteiger partial charge in [-0.05, 0) is 18.2 Å². The zero-order valence-corrected chi connectivity index (χ0v) is 20.3. The van der Waals surface area contributed by atoms with E-state index < -0.39 is 0 Å². The number of hydrogen-bond donors (Lipinski definition) is 2. The topological polar surface area (TPSA) is 77.5 Å². The summed E-state index contributed by atoms with van der Waals surface area (Å²) in [5.74, 6) is 1.04. The molecule has 1 aromatic heterocycles. The molecule has 1 heterocycles. The van der Waals surface area contributed by atoms with E-state index in [1.54, 1.807) is 20.3 Å². The molecule has 8 heteroatoms. The van der Waals surface area contributed by atoms with Crippen molar-refractivity contribution >= 4 is 45.8 Å². The van der Waals surface area contributed by atoms with Crippen LogP contribution in [0, 0.1) is 0 Å². The first-order chi connectivity index (χ1) is 15.1. The van der Waals surface area contributed by atoms with E-state index in [1.165, 1.54) is 0 Å². The zero-order valence-electron chi connectivity index (χ0n) is 18.7. The Morgan fingerprint density at radius 1 is 0.939 bits per heavy atom. The van der Waals surface area contributed by atoms with Crippen molar-refractivity contribution in [2.24, 2.45) is 12.8 Å². The molecule has 0 bridgehead atoms. The van der Waals surface area contributed by atoms with Gasteiger partial charge in [-0.3, -0.25) is 4.79 Å². The fourth-order valence-electron chi connectivity index (χ4n) is 4.05. The van der Waals surface area contributed by atoms with Gasteiger partial charge >= 0.3 is 0 Å². The second kappa shape index (κ2) is 11.2. The SMILES string of the molecule is COc1cc(-c2c3ccccc3[n+](C)c3ccccc23)c(OC)cc1NC(=O)CCN.Cl.[Cl-]. The number of hydrogen-bond acceptors (Lipinski definition) is 4. The van der Waals surface area contributed by atoms with Crippen LogP contribution < -0.4 is 37.5 Å². The lowest BCUT2D eigenvalue weighted by atomic mass is 9.94. The summed E-state index contributed by atoms with van der Waals surface area (Å²) in [4.78, 5) is 12.1. The van der Waals surface area contributed by atoms with Crippen molar-refractivity contribution in [1.82, 2.24) is 0 Å². The molecule has 0 unspecified atom stereocenters. The van der Waals surface area contributed by atoms with Crippen molar-refractivity contribution in [2.75, 3.05) is 26.1 Å². The highest BCUT2D eigenvalue weighted by Gasteiger charge is 2.22. The summed E-state index contributed by atoms with van der Waals surface area (Å²) in [5, 5.41) is 5.07. The van der Waals surface area contributed by atoms with Gasteiger partial charge in [-0.15, -0.1) is 12.4 Å². The minimum atomic E-state index is -0.168. The van der Waals surface area contributed by atoms with Crippen LogP contribution in [-0.4, -0.2) is 26.7 Å². The highest BCUT2D eigenvalue weighted by atomic mass is 35.5. The normalized spacial score (nSPS) is 10.3. The monoisotopic (exact) mass is 487 g/mol. The maximum Gasteiger partial charge on any atom is 0.225 e. The zero-order chi connectivity index (χ0) is 22.0. The fraction of sp³-hybridized carbons (Fsp3) is 0.200. The Kier molecular flexibility index (Phi) is 8.88. The molecule has 0 aliphatic carbocycles. The van der Waals surface area contributed by atoms with Crippen LogP contribution >= 0.6 is 12.4 Å². The number of ether oxygens (including phenoxy) is 2. The summed E-state index contributed by atoms with van der Waals surface area (Å²) < 4.78 is 13.6. The smallest absolute Gasteiger partial charge is 0.225 e. The van der Waals surface area contributed by atoms with Crippen LogP contribution in [0.1, 0.15) is 6.42 Å². The van der Waals surface area contributed by atoms with Crippen molar-refractivity contribution in [1.29, 1.82) is 0 Å². The number of nitrogens with zero attached hydrogens (tertiary/aromatic N) is 1. The molecule has 0 atom stereocenters. The van der Waals surface area contributed by atoms with Crippen LogP contribution in [-0.2, 0) is 11.8 Å². The molecule has 3 N–H and O–H groups in total. The number of anilines is 1. The van der Waals surface area contributed by atoms with Crippen LogP contribution in [0.3, 0.4) is 0 Å². The van der Waals surface area contributed by atoms with E-state index in [0.717, 1.165) is 32.9 Å². The second-order valence-electron chi connectivity index (χ2n) is 7.31. The van der Waals surface area contributed by atoms with Crippen LogP contribution in [0.5, 0.6) is 11.5 Å². The number of benzene rings is 3. The number of carbonyl (C=O) groups is 1. The van der Waals surface area contributed by atoms with Gasteiger partial charge in [-0.2, -0.15) is 4.57 Å². The maximum absolute atomic E-state index is 12.1. The molecule has 6 nitrogen and oxygen atoms in total. The molecular formula is C25H27Cl2N3O3. The number of aromatic nitrogens is 1. The Morgan fingerprint density at radius 3 is 2.00 bits per heavy atom. The number of fused-ring (bicyclic) bond motifs is 2. The quantitative estimate of drug-likeness (QED) is 0.316. The number of pyridine rings is 1. The number of halogens is 2. The number of nitrogens with two attached hydrogens (primary N) is 1. The number of carbonyl (C=O) groups excluding carboxylic acids is 1. The number of rotatable bonds is 6. The van der Waals surface area contributed by atoms with E-state index in [-0.39, 0.29) is 43.7 Å². The lowest BCUT2D eigenvalue weighted by Gasteiger charge is -2.17. The summed E-state index contributed by atoms with van der Waals surface area (Å²) in [6.45, 7) is 0.280. The van der Waals surface area contributed by atoms with Gasteiger partial charge < -0.3 is 32.9 Å². The van der Waals surface area contributed by atoms with Crippen molar-refractivity contribution < 1.29 is 31.2 Å². The molecule has 0 saturated carbocycles. The molecule has 33 heavy (non-hydrogen) atoms. The first-order valence-corrected chi connectivity index (χ1v) is 10.1. The number of aryl methyl sites for hydroxylation is 1. The van der Waals surface area contributed by atoms with E-state index in [1.807, 2.05) is 30.3 Å². The molecule has 4 aromatic rings. The Balaban J connectivity index is 0.00000193. The molecule has 0 radical (unpaired) electrons. The van der Waals surface area contributed by atoms with E-state index in [9.17, 15) is 4.79 Å². The third-order valence-electron chi connectivity index (χ3n) is 5.51. The highest BCUT2D eigenvalue weighted by molar-refractivity contribution is 6.09. The first kappa shape index (κ1) is 26.2. The first-order valence-electron chi connectivity index (χ1n) is 10.1. The highest BCUT2D eigenvalue weighted by Crippen LogP contribution is 2.43. The molecule has 0 aliphatic rings. The summed E-state index contributed by atoms with van der Waals surface area (Å²) in [6.07, 6.45) is 0.234. The number of para-hydroxylation sites is 2. The average Bonchev–Trinajstić information content (AvgIpc) is 2.80. The summed E-state index contributed by atoms with van der Waals surface area (Å²) in [6, 6.07) is 20.3. The van der Waals surface area contributed by atoms with Gasteiger partial charge in [0.2, 0.25) is 16.9 Å². The van der Waals surface area contributed by atoms with Crippen molar-refractivity contribution in [3.8, 4) is 22.6 Å². The average molecular weight is 488 g/mol. The molecule has 0 spiro atoms. The van der Waals surface area contributed by atoms with Crippen LogP contribution in [0.25, 0.3) is 32.9 Å². The molecule has 174 valence electrons. The summed E-state index contributed by atoms with van der Waals surface area (Å²) >= 11 is 0. The minimum Gasteiger partial charge on any atom is -1.00 e. The largest absolute Gasteiger partial charge is 1.00 e. The predicted octanol–water partition coefficient (Wildman–Crippen LogP) is 1.21. The van der Waals surface area contributed by atoms with Gasteiger partial charge in [0.25, 0.3) is 0 Å². The van der Waals surface area contributed by atoms with Gasteiger partial charge in [0.1, 0.15) is 18.5 Å². The van der Waals surface area contributed by atoms with Crippen molar-refractivity contribution in [2.45, 2.75) is 6.42 Å². The molecule has 4 rings (SSSR count). The lowest BCUT2D eigenvalue weighted by molar-refractivity contribution is -0.617. The van der Waals surface area contributed by atoms with Gasteiger partial charge in [0.15, 0.2) is 0 Å². The van der Waals surface area contributed by atoms with E-state index in [2.05, 4.69) is 41.2 Å².